The molecule has 0 amide bonds. The van der Waals surface area contributed by atoms with Gasteiger partial charge in [0, 0.05) is 40.1 Å². The number of benzene rings is 1. The molecular formula is C15H15N5O2. The van der Waals surface area contributed by atoms with Crippen molar-refractivity contribution < 1.29 is 10.2 Å². The molecule has 3 heterocycles. The zero-order valence-corrected chi connectivity index (χ0v) is 12.1. The fourth-order valence-corrected chi connectivity index (χ4v) is 3.12. The lowest BCUT2D eigenvalue weighted by Gasteiger charge is -2.25. The molecule has 1 aliphatic rings. The smallest absolute Gasteiger partial charge is 0.157 e. The van der Waals surface area contributed by atoms with Crippen molar-refractivity contribution in [3.8, 4) is 11.5 Å². The molecule has 0 saturated heterocycles. The van der Waals surface area contributed by atoms with E-state index < -0.39 is 0 Å². The van der Waals surface area contributed by atoms with E-state index in [4.69, 9.17) is 0 Å². The number of fused-ring (bicyclic) bond motifs is 2. The fraction of sp³-hybridized carbons (Fsp3) is 0.200. The molecule has 1 aromatic carbocycles. The van der Waals surface area contributed by atoms with Crippen molar-refractivity contribution in [2.24, 2.45) is 0 Å². The van der Waals surface area contributed by atoms with Crippen molar-refractivity contribution in [3.63, 3.8) is 0 Å². The maximum atomic E-state index is 10.3. The van der Waals surface area contributed by atoms with Gasteiger partial charge < -0.3 is 15.5 Å². The van der Waals surface area contributed by atoms with Gasteiger partial charge in [-0.15, -0.1) is 0 Å². The summed E-state index contributed by atoms with van der Waals surface area (Å²) in [5.41, 5.74) is 4.49. The Labute approximate surface area is 126 Å². The van der Waals surface area contributed by atoms with Gasteiger partial charge in [-0.3, -0.25) is 10.2 Å². The highest BCUT2D eigenvalue weighted by atomic mass is 16.3. The summed E-state index contributed by atoms with van der Waals surface area (Å²) in [6.07, 6.45) is 0. The Morgan fingerprint density at radius 1 is 0.955 bits per heavy atom. The van der Waals surface area contributed by atoms with E-state index in [0.717, 1.165) is 22.5 Å². The summed E-state index contributed by atoms with van der Waals surface area (Å²) in [4.78, 5) is 0. The first kappa shape index (κ1) is 12.8. The molecule has 0 atom stereocenters. The summed E-state index contributed by atoms with van der Waals surface area (Å²) < 4.78 is 0. The van der Waals surface area contributed by atoms with Crippen LogP contribution >= 0.6 is 0 Å². The third-order valence-electron chi connectivity index (χ3n) is 4.13. The second-order valence-corrected chi connectivity index (χ2v) is 5.52. The minimum Gasteiger partial charge on any atom is -0.508 e. The molecule has 1 aliphatic heterocycles. The molecule has 0 saturated carbocycles. The highest BCUT2D eigenvalue weighted by Gasteiger charge is 2.35. The van der Waals surface area contributed by atoms with E-state index in [9.17, 15) is 10.2 Å². The minimum absolute atomic E-state index is 0.0310. The molecule has 7 heteroatoms. The molecule has 7 nitrogen and oxygen atoms in total. The first-order chi connectivity index (χ1) is 10.6. The van der Waals surface area contributed by atoms with Crippen LogP contribution in [0.3, 0.4) is 0 Å². The van der Waals surface area contributed by atoms with E-state index in [-0.39, 0.29) is 17.4 Å². The van der Waals surface area contributed by atoms with E-state index in [1.165, 1.54) is 6.07 Å². The topological polar surface area (TPSA) is 110 Å². The van der Waals surface area contributed by atoms with E-state index in [1.807, 2.05) is 13.8 Å². The Morgan fingerprint density at radius 3 is 2.09 bits per heavy atom. The summed E-state index contributed by atoms with van der Waals surface area (Å²) in [5, 5.41) is 37.5. The number of anilines is 2. The van der Waals surface area contributed by atoms with Crippen LogP contribution in [0.25, 0.3) is 0 Å². The van der Waals surface area contributed by atoms with Gasteiger partial charge in [0.2, 0.25) is 0 Å². The average molecular weight is 297 g/mol. The van der Waals surface area contributed by atoms with Gasteiger partial charge in [0.25, 0.3) is 0 Å². The number of nitrogens with one attached hydrogen (secondary N) is 3. The van der Waals surface area contributed by atoms with Gasteiger partial charge in [-0.05, 0) is 19.9 Å². The number of hydrogen-bond donors (Lipinski definition) is 5. The number of rotatable bonds is 1. The molecule has 5 N–H and O–H groups in total. The SMILES string of the molecule is Cc1[nH]nc2c1C(c1ccc(O)cc1O)c1c(n[nH]c1C)N2. The number of hydrogen-bond acceptors (Lipinski definition) is 5. The number of aromatic nitrogens is 4. The van der Waals surface area contributed by atoms with Crippen LogP contribution in [0.5, 0.6) is 11.5 Å². The van der Waals surface area contributed by atoms with Crippen LogP contribution < -0.4 is 5.32 Å². The van der Waals surface area contributed by atoms with Crippen LogP contribution in [0.15, 0.2) is 18.2 Å². The Morgan fingerprint density at radius 2 is 1.55 bits per heavy atom. The number of aromatic amines is 2. The van der Waals surface area contributed by atoms with E-state index >= 15 is 0 Å². The number of aromatic hydroxyl groups is 2. The van der Waals surface area contributed by atoms with Crippen molar-refractivity contribution in [1.82, 2.24) is 20.4 Å². The van der Waals surface area contributed by atoms with E-state index in [0.29, 0.717) is 17.2 Å². The van der Waals surface area contributed by atoms with Crippen LogP contribution in [0, 0.1) is 13.8 Å². The number of aryl methyl sites for hydroxylation is 2. The van der Waals surface area contributed by atoms with Gasteiger partial charge in [-0.25, -0.2) is 0 Å². The van der Waals surface area contributed by atoms with Gasteiger partial charge >= 0.3 is 0 Å². The van der Waals surface area contributed by atoms with Crippen molar-refractivity contribution in [1.29, 1.82) is 0 Å². The van der Waals surface area contributed by atoms with Gasteiger partial charge in [0.15, 0.2) is 11.6 Å². The predicted octanol–water partition coefficient (Wildman–Crippen LogP) is 2.40. The molecule has 0 radical (unpaired) electrons. The first-order valence-electron chi connectivity index (χ1n) is 6.95. The molecule has 0 fully saturated rings. The number of H-pyrrole nitrogens is 2. The zero-order valence-electron chi connectivity index (χ0n) is 12.1. The Balaban J connectivity index is 2.01. The third kappa shape index (κ3) is 1.62. The van der Waals surface area contributed by atoms with Crippen LogP contribution in [0.1, 0.15) is 34.0 Å². The van der Waals surface area contributed by atoms with Gasteiger partial charge in [0.05, 0.1) is 0 Å². The molecule has 2 aromatic heterocycles. The molecular weight excluding hydrogens is 282 g/mol. The number of phenolic OH excluding ortho intramolecular Hbond substituents is 2. The minimum atomic E-state index is -0.204. The Bertz CT molecular complexity index is 834. The summed E-state index contributed by atoms with van der Waals surface area (Å²) in [6.45, 7) is 3.89. The summed E-state index contributed by atoms with van der Waals surface area (Å²) in [6, 6.07) is 4.65. The van der Waals surface area contributed by atoms with Crippen molar-refractivity contribution in [2.45, 2.75) is 19.8 Å². The second-order valence-electron chi connectivity index (χ2n) is 5.52. The maximum absolute atomic E-state index is 10.3. The largest absolute Gasteiger partial charge is 0.508 e. The third-order valence-corrected chi connectivity index (χ3v) is 4.13. The zero-order chi connectivity index (χ0) is 15.4. The highest BCUT2D eigenvalue weighted by Crippen LogP contribution is 2.48. The number of phenols is 2. The monoisotopic (exact) mass is 297 g/mol. The Hall–Kier alpha value is -2.96. The van der Waals surface area contributed by atoms with Gasteiger partial charge in [-0.1, -0.05) is 6.07 Å². The van der Waals surface area contributed by atoms with Crippen molar-refractivity contribution >= 4 is 11.6 Å². The fourth-order valence-electron chi connectivity index (χ4n) is 3.12. The normalized spacial score (nSPS) is 13.5. The van der Waals surface area contributed by atoms with Crippen LogP contribution in [-0.2, 0) is 0 Å². The second kappa shape index (κ2) is 4.27. The molecule has 112 valence electrons. The molecule has 0 spiro atoms. The lowest BCUT2D eigenvalue weighted by molar-refractivity contribution is 0.445. The van der Waals surface area contributed by atoms with Crippen molar-refractivity contribution in [2.75, 3.05) is 5.32 Å². The average Bonchev–Trinajstić information content (AvgIpc) is 3.02. The van der Waals surface area contributed by atoms with E-state index in [1.54, 1.807) is 12.1 Å². The summed E-state index contributed by atoms with van der Waals surface area (Å²) >= 11 is 0. The molecule has 4 rings (SSSR count). The highest BCUT2D eigenvalue weighted by molar-refractivity contribution is 5.73. The predicted molar refractivity (Wildman–Crippen MR) is 80.6 cm³/mol. The molecule has 22 heavy (non-hydrogen) atoms. The van der Waals surface area contributed by atoms with Gasteiger partial charge in [-0.2, -0.15) is 10.2 Å². The quantitative estimate of drug-likeness (QED) is 0.370. The molecule has 0 aliphatic carbocycles. The van der Waals surface area contributed by atoms with Crippen LogP contribution in [0.4, 0.5) is 11.6 Å². The Kier molecular flexibility index (Phi) is 2.47. The van der Waals surface area contributed by atoms with Gasteiger partial charge in [0.1, 0.15) is 11.5 Å². The number of nitrogens with zero attached hydrogens (tertiary/aromatic N) is 2. The van der Waals surface area contributed by atoms with Crippen molar-refractivity contribution in [3.05, 3.63) is 46.3 Å². The van der Waals surface area contributed by atoms with E-state index in [2.05, 4.69) is 25.7 Å². The molecule has 0 bridgehead atoms. The lowest BCUT2D eigenvalue weighted by atomic mass is 9.82. The lowest BCUT2D eigenvalue weighted by Crippen LogP contribution is -2.14. The summed E-state index contributed by atoms with van der Waals surface area (Å²) in [5.74, 6) is 1.28. The maximum Gasteiger partial charge on any atom is 0.157 e. The first-order valence-corrected chi connectivity index (χ1v) is 6.95. The molecule has 3 aromatic rings. The summed E-state index contributed by atoms with van der Waals surface area (Å²) in [7, 11) is 0. The standard InChI is InChI=1S/C15H15N5O2/c1-6-11-13(9-4-3-8(21)5-10(9)22)12-7(2)18-20-15(12)16-14(11)19-17-6/h3-5,13,21-22H,1-2H3,(H3,16,17,18,19,20). The van der Waals surface area contributed by atoms with Crippen LogP contribution in [0.2, 0.25) is 0 Å². The van der Waals surface area contributed by atoms with Crippen LogP contribution in [-0.4, -0.2) is 30.6 Å². The molecule has 0 unspecified atom stereocenters.